The summed E-state index contributed by atoms with van der Waals surface area (Å²) in [4.78, 5) is 4.36. The molecule has 0 atom stereocenters. The quantitative estimate of drug-likeness (QED) is 0.797. The molecule has 2 rings (SSSR count). The topological polar surface area (TPSA) is 64.1 Å². The van der Waals surface area contributed by atoms with E-state index in [0.29, 0.717) is 17.8 Å². The van der Waals surface area contributed by atoms with E-state index >= 15 is 0 Å². The molecule has 0 amide bonds. The molecule has 1 N–H and O–H groups in total. The van der Waals surface area contributed by atoms with E-state index in [0.717, 1.165) is 30.7 Å². The summed E-state index contributed by atoms with van der Waals surface area (Å²) in [5, 5.41) is 7.32. The lowest BCUT2D eigenvalue weighted by Gasteiger charge is -2.05. The minimum Gasteiger partial charge on any atom is -0.469 e. The second-order valence-corrected chi connectivity index (χ2v) is 4.61. The van der Waals surface area contributed by atoms with Crippen LogP contribution in [0.3, 0.4) is 0 Å². The van der Waals surface area contributed by atoms with Crippen molar-refractivity contribution >= 4 is 0 Å². The van der Waals surface area contributed by atoms with E-state index in [4.69, 9.17) is 8.94 Å². The SMILES string of the molecule is Cc1occc1-c1noc(CCCNC(C)C)n1. The molecule has 0 saturated carbocycles. The standard InChI is InChI=1S/C13H19N3O2/c1-9(2)14-7-4-5-12-15-13(16-18-12)11-6-8-17-10(11)3/h6,8-9,14H,4-5,7H2,1-3H3. The van der Waals surface area contributed by atoms with E-state index < -0.39 is 0 Å². The van der Waals surface area contributed by atoms with Crippen molar-refractivity contribution in [1.82, 2.24) is 15.5 Å². The molecule has 0 fully saturated rings. The zero-order valence-electron chi connectivity index (χ0n) is 11.1. The van der Waals surface area contributed by atoms with Crippen molar-refractivity contribution in [2.45, 2.75) is 39.7 Å². The third-order valence-corrected chi connectivity index (χ3v) is 2.69. The summed E-state index contributed by atoms with van der Waals surface area (Å²) in [7, 11) is 0. The van der Waals surface area contributed by atoms with Crippen LogP contribution in [0.4, 0.5) is 0 Å². The molecule has 0 aliphatic heterocycles. The highest BCUT2D eigenvalue weighted by Gasteiger charge is 2.12. The Kier molecular flexibility index (Phi) is 4.15. The van der Waals surface area contributed by atoms with Gasteiger partial charge in [-0.1, -0.05) is 19.0 Å². The molecule has 98 valence electrons. The van der Waals surface area contributed by atoms with Crippen molar-refractivity contribution in [3.63, 3.8) is 0 Å². The van der Waals surface area contributed by atoms with Crippen LogP contribution in [0.1, 0.15) is 31.9 Å². The van der Waals surface area contributed by atoms with Gasteiger partial charge in [0.2, 0.25) is 11.7 Å². The molecule has 5 heteroatoms. The zero-order chi connectivity index (χ0) is 13.0. The van der Waals surface area contributed by atoms with E-state index in [1.54, 1.807) is 6.26 Å². The van der Waals surface area contributed by atoms with Gasteiger partial charge in [-0.3, -0.25) is 0 Å². The Morgan fingerprint density at radius 2 is 2.22 bits per heavy atom. The van der Waals surface area contributed by atoms with Gasteiger partial charge in [-0.2, -0.15) is 4.98 Å². The molecular formula is C13H19N3O2. The predicted octanol–water partition coefficient (Wildman–Crippen LogP) is 2.57. The van der Waals surface area contributed by atoms with Crippen molar-refractivity contribution in [2.24, 2.45) is 0 Å². The highest BCUT2D eigenvalue weighted by atomic mass is 16.5. The zero-order valence-corrected chi connectivity index (χ0v) is 11.1. The summed E-state index contributed by atoms with van der Waals surface area (Å²) in [5.41, 5.74) is 0.894. The third-order valence-electron chi connectivity index (χ3n) is 2.69. The number of rotatable bonds is 6. The Morgan fingerprint density at radius 1 is 1.39 bits per heavy atom. The summed E-state index contributed by atoms with van der Waals surface area (Å²) in [6, 6.07) is 2.36. The second-order valence-electron chi connectivity index (χ2n) is 4.61. The molecule has 0 unspecified atom stereocenters. The van der Waals surface area contributed by atoms with Gasteiger partial charge in [0.05, 0.1) is 11.8 Å². The van der Waals surface area contributed by atoms with E-state index in [1.807, 2.05) is 13.0 Å². The van der Waals surface area contributed by atoms with Crippen molar-refractivity contribution in [1.29, 1.82) is 0 Å². The van der Waals surface area contributed by atoms with Crippen LogP contribution in [0.2, 0.25) is 0 Å². The summed E-state index contributed by atoms with van der Waals surface area (Å²) < 4.78 is 10.4. The number of aryl methyl sites for hydroxylation is 2. The summed E-state index contributed by atoms with van der Waals surface area (Å²) >= 11 is 0. The van der Waals surface area contributed by atoms with Crippen LogP contribution in [0.15, 0.2) is 21.3 Å². The first-order chi connectivity index (χ1) is 8.66. The van der Waals surface area contributed by atoms with Crippen LogP contribution in [0.5, 0.6) is 0 Å². The summed E-state index contributed by atoms with van der Waals surface area (Å²) in [6.45, 7) is 7.11. The normalized spacial score (nSPS) is 11.3. The molecule has 2 heterocycles. The minimum atomic E-state index is 0.511. The Bertz CT molecular complexity index is 488. The highest BCUT2D eigenvalue weighted by molar-refractivity contribution is 5.55. The van der Waals surface area contributed by atoms with Crippen LogP contribution in [0.25, 0.3) is 11.4 Å². The van der Waals surface area contributed by atoms with E-state index in [-0.39, 0.29) is 0 Å². The lowest BCUT2D eigenvalue weighted by atomic mass is 10.2. The van der Waals surface area contributed by atoms with Crippen molar-refractivity contribution in [3.8, 4) is 11.4 Å². The van der Waals surface area contributed by atoms with E-state index in [1.165, 1.54) is 0 Å². The first-order valence-corrected chi connectivity index (χ1v) is 6.27. The number of aromatic nitrogens is 2. The van der Waals surface area contributed by atoms with Crippen LogP contribution < -0.4 is 5.32 Å². The maximum absolute atomic E-state index is 5.22. The van der Waals surface area contributed by atoms with Crippen LogP contribution in [-0.4, -0.2) is 22.7 Å². The van der Waals surface area contributed by atoms with Gasteiger partial charge < -0.3 is 14.3 Å². The third kappa shape index (κ3) is 3.20. The first kappa shape index (κ1) is 12.8. The molecule has 0 aliphatic rings. The molecule has 0 bridgehead atoms. The number of nitrogens with zero attached hydrogens (tertiary/aromatic N) is 2. The molecule has 0 aromatic carbocycles. The Balaban J connectivity index is 1.89. The van der Waals surface area contributed by atoms with Gasteiger partial charge in [-0.15, -0.1) is 0 Å². The second kappa shape index (κ2) is 5.82. The lowest BCUT2D eigenvalue weighted by molar-refractivity contribution is 0.374. The van der Waals surface area contributed by atoms with Gasteiger partial charge in [-0.25, -0.2) is 0 Å². The van der Waals surface area contributed by atoms with Gasteiger partial charge in [0.15, 0.2) is 0 Å². The fraction of sp³-hybridized carbons (Fsp3) is 0.538. The van der Waals surface area contributed by atoms with E-state index in [9.17, 15) is 0 Å². The summed E-state index contributed by atoms with van der Waals surface area (Å²) in [5.74, 6) is 2.09. The van der Waals surface area contributed by atoms with Gasteiger partial charge in [-0.05, 0) is 26.0 Å². The van der Waals surface area contributed by atoms with Crippen molar-refractivity contribution in [3.05, 3.63) is 24.0 Å². The average molecular weight is 249 g/mol. The van der Waals surface area contributed by atoms with Gasteiger partial charge in [0.1, 0.15) is 5.76 Å². The van der Waals surface area contributed by atoms with Crippen LogP contribution in [0, 0.1) is 6.92 Å². The number of hydrogen-bond acceptors (Lipinski definition) is 5. The number of furan rings is 1. The molecule has 0 radical (unpaired) electrons. The Morgan fingerprint density at radius 3 is 2.89 bits per heavy atom. The number of hydrogen-bond donors (Lipinski definition) is 1. The molecular weight excluding hydrogens is 230 g/mol. The van der Waals surface area contributed by atoms with Crippen molar-refractivity contribution < 1.29 is 8.94 Å². The molecule has 0 spiro atoms. The highest BCUT2D eigenvalue weighted by Crippen LogP contribution is 2.21. The molecule has 18 heavy (non-hydrogen) atoms. The van der Waals surface area contributed by atoms with E-state index in [2.05, 4.69) is 29.3 Å². The van der Waals surface area contributed by atoms with Gasteiger partial charge in [0, 0.05) is 12.5 Å². The fourth-order valence-electron chi connectivity index (χ4n) is 1.71. The Labute approximate surface area is 107 Å². The molecule has 0 aliphatic carbocycles. The predicted molar refractivity (Wildman–Crippen MR) is 68.2 cm³/mol. The lowest BCUT2D eigenvalue weighted by Crippen LogP contribution is -2.23. The average Bonchev–Trinajstić information content (AvgIpc) is 2.92. The van der Waals surface area contributed by atoms with Gasteiger partial charge in [0.25, 0.3) is 0 Å². The van der Waals surface area contributed by atoms with Crippen LogP contribution >= 0.6 is 0 Å². The van der Waals surface area contributed by atoms with Crippen LogP contribution in [-0.2, 0) is 6.42 Å². The van der Waals surface area contributed by atoms with Gasteiger partial charge >= 0.3 is 0 Å². The first-order valence-electron chi connectivity index (χ1n) is 6.27. The smallest absolute Gasteiger partial charge is 0.227 e. The molecule has 2 aromatic rings. The minimum absolute atomic E-state index is 0.511. The number of nitrogens with one attached hydrogen (secondary N) is 1. The largest absolute Gasteiger partial charge is 0.469 e. The fourth-order valence-corrected chi connectivity index (χ4v) is 1.71. The summed E-state index contributed by atoms with van der Waals surface area (Å²) in [6.07, 6.45) is 3.42. The maximum Gasteiger partial charge on any atom is 0.227 e. The monoisotopic (exact) mass is 249 g/mol. The molecule has 2 aromatic heterocycles. The Hall–Kier alpha value is -1.62. The maximum atomic E-state index is 5.22. The van der Waals surface area contributed by atoms with Crippen molar-refractivity contribution in [2.75, 3.05) is 6.54 Å². The molecule has 0 saturated heterocycles. The molecule has 5 nitrogen and oxygen atoms in total.